The third-order valence-electron chi connectivity index (χ3n) is 5.81. The van der Waals surface area contributed by atoms with Crippen LogP contribution in [0, 0.1) is 5.82 Å². The molecule has 0 bridgehead atoms. The van der Waals surface area contributed by atoms with Crippen LogP contribution in [0.3, 0.4) is 0 Å². The maximum Gasteiger partial charge on any atom is 0.242 e. The van der Waals surface area contributed by atoms with Crippen molar-refractivity contribution in [2.24, 2.45) is 0 Å². The second-order valence-corrected chi connectivity index (χ2v) is 10.5. The van der Waals surface area contributed by atoms with Crippen LogP contribution in [0.25, 0.3) is 0 Å². The minimum atomic E-state index is -3.65. The van der Waals surface area contributed by atoms with E-state index in [1.165, 1.54) is 15.3 Å². The quantitative estimate of drug-likeness (QED) is 0.460. The summed E-state index contributed by atoms with van der Waals surface area (Å²) < 4.78 is 51.1. The molecule has 1 aliphatic heterocycles. The van der Waals surface area contributed by atoms with Gasteiger partial charge in [0.25, 0.3) is 0 Å². The van der Waals surface area contributed by atoms with Crippen LogP contribution in [-0.2, 0) is 26.2 Å². The zero-order valence-electron chi connectivity index (χ0n) is 20.7. The van der Waals surface area contributed by atoms with Crippen LogP contribution < -0.4 is 19.1 Å². The molecule has 1 N–H and O–H groups in total. The van der Waals surface area contributed by atoms with Crippen molar-refractivity contribution in [3.8, 4) is 11.5 Å². The lowest BCUT2D eigenvalue weighted by atomic mass is 10.1. The number of carbonyl (C=O) groups excluding carboxylic acids is 2. The second kappa shape index (κ2) is 12.1. The fourth-order valence-electron chi connectivity index (χ4n) is 3.83. The van der Waals surface area contributed by atoms with Crippen molar-refractivity contribution in [1.82, 2.24) is 10.2 Å². The number of nitrogens with zero attached hydrogens (tertiary/aromatic N) is 2. The zero-order chi connectivity index (χ0) is 26.3. The van der Waals surface area contributed by atoms with Gasteiger partial charge in [-0.05, 0) is 38.0 Å². The molecule has 196 valence electrons. The van der Waals surface area contributed by atoms with Crippen LogP contribution in [0.4, 0.5) is 10.1 Å². The maximum absolute atomic E-state index is 14.3. The van der Waals surface area contributed by atoms with Gasteiger partial charge in [-0.15, -0.1) is 0 Å². The summed E-state index contributed by atoms with van der Waals surface area (Å²) in [5.74, 6) is -0.208. The molecule has 1 heterocycles. The number of ether oxygens (including phenoxy) is 2. The van der Waals surface area contributed by atoms with Gasteiger partial charge in [-0.3, -0.25) is 13.9 Å². The van der Waals surface area contributed by atoms with Gasteiger partial charge >= 0.3 is 0 Å². The first-order valence-corrected chi connectivity index (χ1v) is 13.6. The summed E-state index contributed by atoms with van der Waals surface area (Å²) in [6, 6.07) is 10.1. The molecular formula is C25H32FN3O6S. The molecular weight excluding hydrogens is 489 g/mol. The molecule has 11 heteroatoms. The topological polar surface area (TPSA) is 105 Å². The lowest BCUT2D eigenvalue weighted by Gasteiger charge is -2.29. The highest BCUT2D eigenvalue weighted by atomic mass is 32.2. The molecule has 0 spiro atoms. The first kappa shape index (κ1) is 27.3. The van der Waals surface area contributed by atoms with E-state index in [0.29, 0.717) is 29.3 Å². The van der Waals surface area contributed by atoms with Gasteiger partial charge < -0.3 is 19.7 Å². The van der Waals surface area contributed by atoms with Gasteiger partial charge in [-0.1, -0.05) is 25.1 Å². The molecule has 0 aliphatic carbocycles. The number of anilines is 1. The van der Waals surface area contributed by atoms with E-state index in [-0.39, 0.29) is 44.5 Å². The number of amides is 2. The highest BCUT2D eigenvalue weighted by Gasteiger charge is 2.27. The van der Waals surface area contributed by atoms with Crippen molar-refractivity contribution in [3.63, 3.8) is 0 Å². The number of fused-ring (bicyclic) bond motifs is 1. The maximum atomic E-state index is 14.3. The van der Waals surface area contributed by atoms with Crippen molar-refractivity contribution in [2.45, 2.75) is 45.7 Å². The molecule has 9 nitrogen and oxygen atoms in total. The van der Waals surface area contributed by atoms with Crippen molar-refractivity contribution in [1.29, 1.82) is 0 Å². The van der Waals surface area contributed by atoms with E-state index >= 15 is 0 Å². The van der Waals surface area contributed by atoms with Crippen molar-refractivity contribution < 1.29 is 31.9 Å². The van der Waals surface area contributed by atoms with Gasteiger partial charge in [0.15, 0.2) is 11.5 Å². The minimum absolute atomic E-state index is 0.0313. The molecule has 2 amide bonds. The van der Waals surface area contributed by atoms with E-state index in [1.54, 1.807) is 43.3 Å². The molecule has 36 heavy (non-hydrogen) atoms. The molecule has 3 rings (SSSR count). The Bertz CT molecular complexity index is 1190. The Balaban J connectivity index is 1.73. The van der Waals surface area contributed by atoms with Crippen molar-refractivity contribution >= 4 is 27.5 Å². The number of carbonyl (C=O) groups is 2. The SMILES string of the molecule is CCCNC(=O)[C@@H](C)N(Cc1ccccc1F)C(=O)CCCN(c1ccc2c(c1)OCO2)S(C)(=O)=O. The second-order valence-electron chi connectivity index (χ2n) is 8.56. The average Bonchev–Trinajstić information content (AvgIpc) is 3.31. The van der Waals surface area contributed by atoms with Crippen LogP contribution in [0.1, 0.15) is 38.7 Å². The van der Waals surface area contributed by atoms with E-state index in [0.717, 1.165) is 12.7 Å². The Kier molecular flexibility index (Phi) is 9.14. The Labute approximate surface area is 211 Å². The largest absolute Gasteiger partial charge is 0.454 e. The fourth-order valence-corrected chi connectivity index (χ4v) is 4.79. The molecule has 0 radical (unpaired) electrons. The monoisotopic (exact) mass is 521 g/mol. The summed E-state index contributed by atoms with van der Waals surface area (Å²) in [6.45, 7) is 4.00. The standard InChI is InChI=1S/C25H32FN3O6S/c1-4-13-27-25(31)18(2)28(16-19-8-5-6-9-21(19)26)24(30)10-7-14-29(36(3,32)33)20-11-12-22-23(15-20)35-17-34-22/h5-6,8-9,11-12,15,18H,4,7,10,13-14,16-17H2,1-3H3,(H,27,31)/t18-/m1/s1. The molecule has 1 atom stereocenters. The normalized spacial score (nSPS) is 13.2. The summed E-state index contributed by atoms with van der Waals surface area (Å²) in [6.07, 6.45) is 1.98. The average molecular weight is 522 g/mol. The Hall–Kier alpha value is -3.34. The Morgan fingerprint density at radius 3 is 2.56 bits per heavy atom. The molecule has 2 aromatic rings. The van der Waals surface area contributed by atoms with Crippen molar-refractivity contribution in [2.75, 3.05) is 30.4 Å². The number of halogens is 1. The third kappa shape index (κ3) is 6.87. The van der Waals surface area contributed by atoms with E-state index in [9.17, 15) is 22.4 Å². The smallest absolute Gasteiger partial charge is 0.242 e. The number of hydrogen-bond acceptors (Lipinski definition) is 6. The van der Waals surface area contributed by atoms with E-state index < -0.39 is 21.9 Å². The van der Waals surface area contributed by atoms with E-state index in [2.05, 4.69) is 5.32 Å². The number of nitrogens with one attached hydrogen (secondary N) is 1. The molecule has 0 saturated carbocycles. The van der Waals surface area contributed by atoms with Gasteiger partial charge in [0, 0.05) is 37.7 Å². The van der Waals surface area contributed by atoms with Gasteiger partial charge in [0.05, 0.1) is 11.9 Å². The Morgan fingerprint density at radius 1 is 1.14 bits per heavy atom. The fraction of sp³-hybridized carbons (Fsp3) is 0.440. The van der Waals surface area contributed by atoms with Crippen molar-refractivity contribution in [3.05, 3.63) is 53.8 Å². The van der Waals surface area contributed by atoms with Gasteiger partial charge in [0.1, 0.15) is 11.9 Å². The van der Waals surface area contributed by atoms with Crippen LogP contribution in [0.15, 0.2) is 42.5 Å². The number of rotatable bonds is 12. The van der Waals surface area contributed by atoms with Crippen LogP contribution >= 0.6 is 0 Å². The summed E-state index contributed by atoms with van der Waals surface area (Å²) in [4.78, 5) is 27.2. The lowest BCUT2D eigenvalue weighted by Crippen LogP contribution is -2.48. The lowest BCUT2D eigenvalue weighted by molar-refractivity contribution is -0.140. The van der Waals surface area contributed by atoms with Gasteiger partial charge in [-0.25, -0.2) is 12.8 Å². The molecule has 2 aromatic carbocycles. The minimum Gasteiger partial charge on any atom is -0.454 e. The number of hydrogen-bond donors (Lipinski definition) is 1. The van der Waals surface area contributed by atoms with E-state index in [4.69, 9.17) is 9.47 Å². The molecule has 1 aliphatic rings. The third-order valence-corrected chi connectivity index (χ3v) is 7.01. The summed E-state index contributed by atoms with van der Waals surface area (Å²) in [5, 5.41) is 2.77. The highest BCUT2D eigenvalue weighted by molar-refractivity contribution is 7.92. The van der Waals surface area contributed by atoms with Gasteiger partial charge in [0.2, 0.25) is 28.6 Å². The predicted octanol–water partition coefficient (Wildman–Crippen LogP) is 3.04. The van der Waals surface area contributed by atoms with Gasteiger partial charge in [-0.2, -0.15) is 0 Å². The van der Waals surface area contributed by atoms with Crippen LogP contribution in [-0.4, -0.2) is 57.3 Å². The first-order valence-electron chi connectivity index (χ1n) is 11.8. The van der Waals surface area contributed by atoms with Crippen LogP contribution in [0.2, 0.25) is 0 Å². The zero-order valence-corrected chi connectivity index (χ0v) is 21.5. The summed E-state index contributed by atoms with van der Waals surface area (Å²) >= 11 is 0. The molecule has 0 aromatic heterocycles. The first-order chi connectivity index (χ1) is 17.1. The summed E-state index contributed by atoms with van der Waals surface area (Å²) in [5.41, 5.74) is 0.684. The molecule has 0 saturated heterocycles. The molecule has 0 fully saturated rings. The molecule has 0 unspecified atom stereocenters. The number of benzene rings is 2. The van der Waals surface area contributed by atoms with E-state index in [1.807, 2.05) is 6.92 Å². The highest BCUT2D eigenvalue weighted by Crippen LogP contribution is 2.36. The predicted molar refractivity (Wildman–Crippen MR) is 134 cm³/mol. The number of sulfonamides is 1. The summed E-state index contributed by atoms with van der Waals surface area (Å²) in [7, 11) is -3.65. The van der Waals surface area contributed by atoms with Crippen LogP contribution in [0.5, 0.6) is 11.5 Å². The Morgan fingerprint density at radius 2 is 1.86 bits per heavy atom.